The summed E-state index contributed by atoms with van der Waals surface area (Å²) in [6.45, 7) is 4.91. The number of carbonyl (C=O) groups is 3. The van der Waals surface area contributed by atoms with Gasteiger partial charge in [0.2, 0.25) is 5.91 Å². The summed E-state index contributed by atoms with van der Waals surface area (Å²) < 4.78 is 5.00. The van der Waals surface area contributed by atoms with E-state index in [1.165, 1.54) is 13.8 Å². The Hall–Kier alpha value is -1.89. The van der Waals surface area contributed by atoms with Crippen LogP contribution in [-0.2, 0) is 9.53 Å². The van der Waals surface area contributed by atoms with Gasteiger partial charge in [-0.25, -0.2) is 9.59 Å². The second-order valence-corrected chi connectivity index (χ2v) is 4.90. The first-order valence-electron chi connectivity index (χ1n) is 5.69. The van der Waals surface area contributed by atoms with Crippen LogP contribution >= 0.6 is 11.3 Å². The van der Waals surface area contributed by atoms with E-state index in [0.717, 1.165) is 11.3 Å². The fraction of sp³-hybridized carbons (Fsp3) is 0.417. The summed E-state index contributed by atoms with van der Waals surface area (Å²) in [6, 6.07) is 0. The molecule has 0 atom stereocenters. The lowest BCUT2D eigenvalue weighted by Crippen LogP contribution is -2.12. The van der Waals surface area contributed by atoms with Crippen molar-refractivity contribution in [3.05, 3.63) is 16.0 Å². The van der Waals surface area contributed by atoms with Crippen molar-refractivity contribution in [1.82, 2.24) is 0 Å². The number of nitrogens with one attached hydrogen (secondary N) is 1. The van der Waals surface area contributed by atoms with Crippen molar-refractivity contribution in [2.24, 2.45) is 0 Å². The Morgan fingerprint density at radius 1 is 1.37 bits per heavy atom. The molecule has 104 valence electrons. The number of carboxylic acids is 1. The van der Waals surface area contributed by atoms with E-state index in [0.29, 0.717) is 12.0 Å². The van der Waals surface area contributed by atoms with E-state index in [2.05, 4.69) is 5.32 Å². The van der Waals surface area contributed by atoms with Crippen LogP contribution in [0.25, 0.3) is 0 Å². The first-order chi connectivity index (χ1) is 8.88. The number of aromatic carboxylic acids is 1. The van der Waals surface area contributed by atoms with E-state index < -0.39 is 11.9 Å². The van der Waals surface area contributed by atoms with Gasteiger partial charge in [0.15, 0.2) is 0 Å². The predicted octanol–water partition coefficient (Wildman–Crippen LogP) is 2.28. The highest BCUT2D eigenvalue weighted by Crippen LogP contribution is 2.33. The van der Waals surface area contributed by atoms with Crippen LogP contribution in [0.3, 0.4) is 0 Å². The Balaban J connectivity index is 3.21. The number of carbonyl (C=O) groups excluding carboxylic acids is 2. The van der Waals surface area contributed by atoms with Crippen LogP contribution in [0.1, 0.15) is 45.9 Å². The van der Waals surface area contributed by atoms with E-state index in [1.54, 1.807) is 0 Å². The molecule has 0 aromatic carbocycles. The van der Waals surface area contributed by atoms with Crippen LogP contribution in [0.4, 0.5) is 5.00 Å². The summed E-state index contributed by atoms with van der Waals surface area (Å²) in [5.74, 6) is -2.13. The van der Waals surface area contributed by atoms with Crippen molar-refractivity contribution >= 4 is 34.2 Å². The van der Waals surface area contributed by atoms with E-state index in [-0.39, 0.29) is 28.0 Å². The molecule has 1 aromatic heterocycles. The number of esters is 1. The van der Waals surface area contributed by atoms with Gasteiger partial charge in [-0.2, -0.15) is 0 Å². The molecular formula is C12H15NO5S. The highest BCUT2D eigenvalue weighted by molar-refractivity contribution is 7.18. The fourth-order valence-electron chi connectivity index (χ4n) is 1.48. The van der Waals surface area contributed by atoms with Gasteiger partial charge in [-0.05, 0) is 18.9 Å². The van der Waals surface area contributed by atoms with Crippen molar-refractivity contribution in [1.29, 1.82) is 0 Å². The first-order valence-corrected chi connectivity index (χ1v) is 6.51. The molecule has 0 aliphatic heterocycles. The molecule has 2 N–H and O–H groups in total. The molecule has 1 amide bonds. The normalized spacial score (nSPS) is 10.1. The SMILES string of the molecule is CCCOC(=O)c1c(NC(C)=O)sc(C(=O)O)c1C. The smallest absolute Gasteiger partial charge is 0.346 e. The van der Waals surface area contributed by atoms with Crippen LogP contribution < -0.4 is 5.32 Å². The van der Waals surface area contributed by atoms with Crippen molar-refractivity contribution in [2.45, 2.75) is 27.2 Å². The van der Waals surface area contributed by atoms with Crippen LogP contribution in [0.2, 0.25) is 0 Å². The van der Waals surface area contributed by atoms with Gasteiger partial charge < -0.3 is 15.2 Å². The summed E-state index contributed by atoms with van der Waals surface area (Å²) in [6.07, 6.45) is 0.663. The Morgan fingerprint density at radius 2 is 2.00 bits per heavy atom. The summed E-state index contributed by atoms with van der Waals surface area (Å²) in [7, 11) is 0. The van der Waals surface area contributed by atoms with Crippen LogP contribution in [0, 0.1) is 6.92 Å². The lowest BCUT2D eigenvalue weighted by atomic mass is 10.1. The van der Waals surface area contributed by atoms with Crippen LogP contribution in [-0.4, -0.2) is 29.6 Å². The molecule has 1 aromatic rings. The molecule has 7 heteroatoms. The van der Waals surface area contributed by atoms with Gasteiger partial charge in [0.05, 0.1) is 12.2 Å². The number of carboxylic acid groups (broad SMARTS) is 1. The number of rotatable bonds is 5. The van der Waals surface area contributed by atoms with Crippen molar-refractivity contribution in [2.75, 3.05) is 11.9 Å². The van der Waals surface area contributed by atoms with Gasteiger partial charge >= 0.3 is 11.9 Å². The monoisotopic (exact) mass is 285 g/mol. The van der Waals surface area contributed by atoms with Crippen molar-refractivity contribution in [3.63, 3.8) is 0 Å². The molecule has 0 saturated heterocycles. The minimum absolute atomic E-state index is 0.0206. The Kier molecular flexibility index (Phi) is 5.05. The molecular weight excluding hydrogens is 270 g/mol. The zero-order valence-electron chi connectivity index (χ0n) is 10.9. The highest BCUT2D eigenvalue weighted by Gasteiger charge is 2.25. The molecule has 0 aliphatic carbocycles. The topological polar surface area (TPSA) is 92.7 Å². The molecule has 0 unspecified atom stereocenters. The third-order valence-electron chi connectivity index (χ3n) is 2.27. The number of hydrogen-bond acceptors (Lipinski definition) is 5. The second kappa shape index (κ2) is 6.33. The summed E-state index contributed by atoms with van der Waals surface area (Å²) in [5, 5.41) is 11.7. The Bertz CT molecular complexity index is 520. The average Bonchev–Trinajstić information content (AvgIpc) is 2.62. The zero-order chi connectivity index (χ0) is 14.6. The largest absolute Gasteiger partial charge is 0.477 e. The zero-order valence-corrected chi connectivity index (χ0v) is 11.7. The Morgan fingerprint density at radius 3 is 2.47 bits per heavy atom. The molecule has 1 rings (SSSR count). The molecule has 19 heavy (non-hydrogen) atoms. The second-order valence-electron chi connectivity index (χ2n) is 3.88. The van der Waals surface area contributed by atoms with Crippen LogP contribution in [0.15, 0.2) is 0 Å². The molecule has 0 saturated carbocycles. The molecule has 0 spiro atoms. The summed E-state index contributed by atoms with van der Waals surface area (Å²) in [5.41, 5.74) is 0.424. The number of ether oxygens (including phenoxy) is 1. The maximum absolute atomic E-state index is 11.9. The van der Waals surface area contributed by atoms with Gasteiger partial charge in [0, 0.05) is 6.92 Å². The van der Waals surface area contributed by atoms with Gasteiger partial charge in [0.1, 0.15) is 9.88 Å². The van der Waals surface area contributed by atoms with Crippen molar-refractivity contribution < 1.29 is 24.2 Å². The van der Waals surface area contributed by atoms with Gasteiger partial charge in [-0.15, -0.1) is 11.3 Å². The first kappa shape index (κ1) is 15.2. The quantitative estimate of drug-likeness (QED) is 0.810. The highest BCUT2D eigenvalue weighted by atomic mass is 32.1. The minimum atomic E-state index is -1.14. The van der Waals surface area contributed by atoms with Crippen molar-refractivity contribution in [3.8, 4) is 0 Å². The van der Waals surface area contributed by atoms with E-state index in [1.807, 2.05) is 6.92 Å². The standard InChI is InChI=1S/C12H15NO5S/c1-4-5-18-12(17)8-6(2)9(11(15)16)19-10(8)13-7(3)14/h4-5H2,1-3H3,(H,13,14)(H,15,16). The Labute approximate surface area is 114 Å². The molecule has 0 bridgehead atoms. The summed E-state index contributed by atoms with van der Waals surface area (Å²) >= 11 is 0.852. The average molecular weight is 285 g/mol. The fourth-order valence-corrected chi connectivity index (χ4v) is 2.56. The molecule has 0 radical (unpaired) electrons. The lowest BCUT2D eigenvalue weighted by Gasteiger charge is -2.06. The predicted molar refractivity (Wildman–Crippen MR) is 70.9 cm³/mol. The van der Waals surface area contributed by atoms with E-state index >= 15 is 0 Å². The van der Waals surface area contributed by atoms with Crippen LogP contribution in [0.5, 0.6) is 0 Å². The number of amides is 1. The van der Waals surface area contributed by atoms with Gasteiger partial charge in [-0.3, -0.25) is 4.79 Å². The third kappa shape index (κ3) is 3.54. The van der Waals surface area contributed by atoms with E-state index in [4.69, 9.17) is 9.84 Å². The lowest BCUT2D eigenvalue weighted by molar-refractivity contribution is -0.114. The van der Waals surface area contributed by atoms with Gasteiger partial charge in [0.25, 0.3) is 0 Å². The maximum atomic E-state index is 11.9. The third-order valence-corrected chi connectivity index (χ3v) is 3.47. The molecule has 6 nitrogen and oxygen atoms in total. The number of anilines is 1. The minimum Gasteiger partial charge on any atom is -0.477 e. The molecule has 1 heterocycles. The molecule has 0 fully saturated rings. The van der Waals surface area contributed by atoms with Gasteiger partial charge in [-0.1, -0.05) is 6.92 Å². The maximum Gasteiger partial charge on any atom is 0.346 e. The number of hydrogen-bond donors (Lipinski definition) is 2. The number of thiophene rings is 1. The van der Waals surface area contributed by atoms with E-state index in [9.17, 15) is 14.4 Å². The molecule has 0 aliphatic rings. The summed E-state index contributed by atoms with van der Waals surface area (Å²) in [4.78, 5) is 34.1.